The van der Waals surface area contributed by atoms with E-state index in [2.05, 4.69) is 31.3 Å². The Morgan fingerprint density at radius 2 is 1.94 bits per heavy atom. The Morgan fingerprint density at radius 3 is 2.59 bits per heavy atom. The summed E-state index contributed by atoms with van der Waals surface area (Å²) in [7, 11) is 0. The quantitative estimate of drug-likeness (QED) is 0.674. The lowest BCUT2D eigenvalue weighted by Crippen LogP contribution is -2.11. The van der Waals surface area contributed by atoms with E-state index in [-0.39, 0.29) is 0 Å². The van der Waals surface area contributed by atoms with Crippen LogP contribution in [0.15, 0.2) is 34.8 Å². The summed E-state index contributed by atoms with van der Waals surface area (Å²) in [4.78, 5) is 8.69. The molecule has 3 N–H and O–H groups in total. The number of hydrogen-bond donors (Lipinski definition) is 2. The van der Waals surface area contributed by atoms with Crippen molar-refractivity contribution in [1.29, 1.82) is 0 Å². The Morgan fingerprint density at radius 1 is 1.24 bits per heavy atom. The van der Waals surface area contributed by atoms with Gasteiger partial charge in [-0.25, -0.2) is 15.8 Å². The summed E-state index contributed by atoms with van der Waals surface area (Å²) >= 11 is 3.41. The van der Waals surface area contributed by atoms with Gasteiger partial charge in [0.15, 0.2) is 0 Å². The molecule has 0 aliphatic carbocycles. The minimum absolute atomic E-state index is 0.643. The van der Waals surface area contributed by atoms with Gasteiger partial charge in [-0.15, -0.1) is 0 Å². The lowest BCUT2D eigenvalue weighted by atomic mass is 10.1. The van der Waals surface area contributed by atoms with Gasteiger partial charge < -0.3 is 5.43 Å². The van der Waals surface area contributed by atoms with Gasteiger partial charge in [-0.3, -0.25) is 0 Å². The largest absolute Gasteiger partial charge is 0.308 e. The van der Waals surface area contributed by atoms with Gasteiger partial charge in [-0.1, -0.05) is 28.1 Å². The lowest BCUT2D eigenvalue weighted by Gasteiger charge is -2.05. The first-order chi connectivity index (χ1) is 8.17. The number of aryl methyl sites for hydroxylation is 1. The van der Waals surface area contributed by atoms with E-state index in [1.807, 2.05) is 37.3 Å². The van der Waals surface area contributed by atoms with Crippen LogP contribution in [-0.4, -0.2) is 9.97 Å². The van der Waals surface area contributed by atoms with Crippen LogP contribution in [0, 0.1) is 6.92 Å². The van der Waals surface area contributed by atoms with Crippen LogP contribution < -0.4 is 11.3 Å². The second kappa shape index (κ2) is 5.25. The Kier molecular flexibility index (Phi) is 3.71. The number of nitrogens with zero attached hydrogens (tertiary/aromatic N) is 2. The molecule has 0 amide bonds. The maximum absolute atomic E-state index is 5.35. The fourth-order valence-corrected chi connectivity index (χ4v) is 1.83. The predicted molar refractivity (Wildman–Crippen MR) is 71.5 cm³/mol. The standard InChI is InChI=1S/C12H13BrN4/c1-8-6-12(17-14)16-11(15-8)7-9-2-4-10(13)5-3-9/h2-6H,7,14H2,1H3,(H,15,16,17). The fraction of sp³-hybridized carbons (Fsp3) is 0.167. The molecule has 0 saturated heterocycles. The molecule has 4 nitrogen and oxygen atoms in total. The summed E-state index contributed by atoms with van der Waals surface area (Å²) in [5.74, 6) is 6.76. The molecule has 0 saturated carbocycles. The van der Waals surface area contributed by atoms with Crippen molar-refractivity contribution in [3.05, 3.63) is 51.9 Å². The molecule has 0 atom stereocenters. The van der Waals surface area contributed by atoms with Crippen LogP contribution in [0.3, 0.4) is 0 Å². The van der Waals surface area contributed by atoms with E-state index in [0.29, 0.717) is 12.2 Å². The van der Waals surface area contributed by atoms with Crippen molar-refractivity contribution in [1.82, 2.24) is 9.97 Å². The number of hydrazine groups is 1. The zero-order valence-electron chi connectivity index (χ0n) is 9.44. The topological polar surface area (TPSA) is 63.8 Å². The van der Waals surface area contributed by atoms with Crippen LogP contribution in [-0.2, 0) is 6.42 Å². The smallest absolute Gasteiger partial charge is 0.143 e. The zero-order chi connectivity index (χ0) is 12.3. The number of aromatic nitrogens is 2. The Balaban J connectivity index is 2.23. The summed E-state index contributed by atoms with van der Waals surface area (Å²) in [5.41, 5.74) is 4.62. The van der Waals surface area contributed by atoms with E-state index in [1.165, 1.54) is 5.56 Å². The molecule has 0 unspecified atom stereocenters. The Labute approximate surface area is 108 Å². The third-order valence-corrected chi connectivity index (χ3v) is 2.85. The molecule has 88 valence electrons. The summed E-state index contributed by atoms with van der Waals surface area (Å²) in [6.07, 6.45) is 0.698. The molecule has 0 aliphatic heterocycles. The van der Waals surface area contributed by atoms with Gasteiger partial charge in [-0.2, -0.15) is 0 Å². The molecule has 0 fully saturated rings. The lowest BCUT2D eigenvalue weighted by molar-refractivity contribution is 0.940. The molecule has 0 spiro atoms. The second-order valence-electron chi connectivity index (χ2n) is 3.76. The van der Waals surface area contributed by atoms with E-state index < -0.39 is 0 Å². The van der Waals surface area contributed by atoms with Gasteiger partial charge in [0.25, 0.3) is 0 Å². The second-order valence-corrected chi connectivity index (χ2v) is 4.67. The average Bonchev–Trinajstić information content (AvgIpc) is 2.31. The van der Waals surface area contributed by atoms with Crippen LogP contribution in [0.2, 0.25) is 0 Å². The van der Waals surface area contributed by atoms with Gasteiger partial charge in [-0.05, 0) is 24.6 Å². The number of anilines is 1. The number of nitrogen functional groups attached to an aromatic ring is 1. The number of halogens is 1. The van der Waals surface area contributed by atoms with Gasteiger partial charge >= 0.3 is 0 Å². The van der Waals surface area contributed by atoms with Crippen LogP contribution in [0.5, 0.6) is 0 Å². The number of hydrogen-bond acceptors (Lipinski definition) is 4. The first-order valence-corrected chi connectivity index (χ1v) is 6.02. The summed E-state index contributed by atoms with van der Waals surface area (Å²) in [5, 5.41) is 0. The van der Waals surface area contributed by atoms with E-state index in [4.69, 9.17) is 5.84 Å². The van der Waals surface area contributed by atoms with Crippen molar-refractivity contribution in [3.63, 3.8) is 0 Å². The third-order valence-electron chi connectivity index (χ3n) is 2.32. The van der Waals surface area contributed by atoms with Gasteiger partial charge in [0, 0.05) is 22.7 Å². The molecule has 1 heterocycles. The number of nitrogens with two attached hydrogens (primary N) is 1. The predicted octanol–water partition coefficient (Wildman–Crippen LogP) is 2.42. The molecule has 2 rings (SSSR count). The third kappa shape index (κ3) is 3.25. The molecule has 5 heteroatoms. The van der Waals surface area contributed by atoms with Crippen molar-refractivity contribution >= 4 is 21.7 Å². The zero-order valence-corrected chi connectivity index (χ0v) is 11.0. The van der Waals surface area contributed by atoms with E-state index in [1.54, 1.807) is 0 Å². The van der Waals surface area contributed by atoms with Gasteiger partial charge in [0.05, 0.1) is 0 Å². The first kappa shape index (κ1) is 12.0. The molecule has 2 aromatic rings. The van der Waals surface area contributed by atoms with Crippen molar-refractivity contribution in [2.24, 2.45) is 5.84 Å². The highest BCUT2D eigenvalue weighted by atomic mass is 79.9. The van der Waals surface area contributed by atoms with Crippen molar-refractivity contribution in [2.75, 3.05) is 5.43 Å². The minimum atomic E-state index is 0.643. The van der Waals surface area contributed by atoms with E-state index >= 15 is 0 Å². The number of benzene rings is 1. The van der Waals surface area contributed by atoms with Crippen LogP contribution in [0.1, 0.15) is 17.1 Å². The maximum Gasteiger partial charge on any atom is 0.143 e. The van der Waals surface area contributed by atoms with Gasteiger partial charge in [0.1, 0.15) is 11.6 Å². The minimum Gasteiger partial charge on any atom is -0.308 e. The molecule has 17 heavy (non-hydrogen) atoms. The number of rotatable bonds is 3. The summed E-state index contributed by atoms with van der Waals surface area (Å²) in [6, 6.07) is 9.92. The summed E-state index contributed by atoms with van der Waals surface area (Å²) < 4.78 is 1.07. The molecule has 1 aromatic carbocycles. The normalized spacial score (nSPS) is 10.3. The molecule has 0 aliphatic rings. The highest BCUT2D eigenvalue weighted by Gasteiger charge is 2.03. The molecular weight excluding hydrogens is 280 g/mol. The fourth-order valence-electron chi connectivity index (χ4n) is 1.57. The monoisotopic (exact) mass is 292 g/mol. The Bertz CT molecular complexity index is 510. The van der Waals surface area contributed by atoms with Crippen LogP contribution >= 0.6 is 15.9 Å². The van der Waals surface area contributed by atoms with E-state index in [0.717, 1.165) is 16.0 Å². The average molecular weight is 293 g/mol. The van der Waals surface area contributed by atoms with Crippen molar-refractivity contribution in [3.8, 4) is 0 Å². The molecule has 0 bridgehead atoms. The van der Waals surface area contributed by atoms with Gasteiger partial charge in [0.2, 0.25) is 0 Å². The molecular formula is C12H13BrN4. The van der Waals surface area contributed by atoms with Crippen LogP contribution in [0.4, 0.5) is 5.82 Å². The number of nitrogens with one attached hydrogen (secondary N) is 1. The SMILES string of the molecule is Cc1cc(NN)nc(Cc2ccc(Br)cc2)n1. The highest BCUT2D eigenvalue weighted by Crippen LogP contribution is 2.13. The summed E-state index contributed by atoms with van der Waals surface area (Å²) in [6.45, 7) is 1.92. The molecule has 1 aromatic heterocycles. The van der Waals surface area contributed by atoms with Crippen LogP contribution in [0.25, 0.3) is 0 Å². The first-order valence-electron chi connectivity index (χ1n) is 5.23. The van der Waals surface area contributed by atoms with Crippen molar-refractivity contribution < 1.29 is 0 Å². The Hall–Kier alpha value is -1.46. The van der Waals surface area contributed by atoms with E-state index in [9.17, 15) is 0 Å². The molecule has 0 radical (unpaired) electrons. The van der Waals surface area contributed by atoms with Crippen molar-refractivity contribution in [2.45, 2.75) is 13.3 Å². The maximum atomic E-state index is 5.35. The highest BCUT2D eigenvalue weighted by molar-refractivity contribution is 9.10.